The fourth-order valence-electron chi connectivity index (χ4n) is 4.79. The SMILES string of the molecule is C=Cc1ccc(C(C)(N)Bc2cc(C(F)(F)F)c(C3(CC)CC3)c(C(F)(C(F)(F)F)C(F)(F)F)c2)cc1. The van der Waals surface area contributed by atoms with Crippen LogP contribution in [0, 0.1) is 0 Å². The fraction of sp³-hybridized carbons (Fsp3) is 0.440. The van der Waals surface area contributed by atoms with E-state index < -0.39 is 64.5 Å². The Bertz CT molecular complexity index is 1140. The standard InChI is InChI=1S/C25H24BF10N/c1-4-14-6-8-15(9-7-14)20(3,37)26-16-12-17(22(27,24(31,32)33)25(34,35)36)19(21(5-2)10-11-21)18(13-16)23(28,29)30/h4,6-9,12-13,26H,1,5,10-11,37H2,2-3H3. The molecule has 0 radical (unpaired) electrons. The summed E-state index contributed by atoms with van der Waals surface area (Å²) in [5.74, 6) is 0. The zero-order valence-electron chi connectivity index (χ0n) is 19.9. The lowest BCUT2D eigenvalue weighted by atomic mass is 9.51. The minimum absolute atomic E-state index is 0.102. The van der Waals surface area contributed by atoms with Crippen molar-refractivity contribution >= 4 is 18.8 Å². The number of rotatable bonds is 7. The molecule has 0 bridgehead atoms. The lowest BCUT2D eigenvalue weighted by Crippen LogP contribution is -2.52. The molecule has 1 nitrogen and oxygen atoms in total. The van der Waals surface area contributed by atoms with Crippen LogP contribution in [0.4, 0.5) is 43.9 Å². The predicted octanol–water partition coefficient (Wildman–Crippen LogP) is 6.97. The molecular formula is C25H24BF10N. The van der Waals surface area contributed by atoms with Crippen LogP contribution in [0.15, 0.2) is 43.0 Å². The maximum absolute atomic E-state index is 15.4. The first-order valence-electron chi connectivity index (χ1n) is 11.3. The molecule has 37 heavy (non-hydrogen) atoms. The molecule has 0 saturated heterocycles. The lowest BCUT2D eigenvalue weighted by molar-refractivity contribution is -0.349. The Hall–Kier alpha value is -2.50. The molecule has 0 spiro atoms. The van der Waals surface area contributed by atoms with E-state index >= 15 is 4.39 Å². The van der Waals surface area contributed by atoms with Crippen LogP contribution in [-0.2, 0) is 22.7 Å². The minimum atomic E-state index is -6.57. The van der Waals surface area contributed by atoms with Crippen molar-refractivity contribution in [2.45, 2.75) is 68.2 Å². The van der Waals surface area contributed by atoms with Gasteiger partial charge >= 0.3 is 24.2 Å². The molecule has 3 rings (SSSR count). The molecule has 202 valence electrons. The van der Waals surface area contributed by atoms with Gasteiger partial charge in [0.15, 0.2) is 7.28 Å². The summed E-state index contributed by atoms with van der Waals surface area (Å²) in [6.45, 7) is 6.28. The van der Waals surface area contributed by atoms with E-state index in [4.69, 9.17) is 5.73 Å². The van der Waals surface area contributed by atoms with E-state index in [1.807, 2.05) is 0 Å². The van der Waals surface area contributed by atoms with Crippen LogP contribution in [0.3, 0.4) is 0 Å². The second kappa shape index (κ2) is 9.06. The fourth-order valence-corrected chi connectivity index (χ4v) is 4.79. The predicted molar refractivity (Wildman–Crippen MR) is 122 cm³/mol. The maximum atomic E-state index is 15.4. The van der Waals surface area contributed by atoms with Crippen molar-refractivity contribution in [2.24, 2.45) is 5.73 Å². The lowest BCUT2D eigenvalue weighted by Gasteiger charge is -2.36. The van der Waals surface area contributed by atoms with Gasteiger partial charge in [0.2, 0.25) is 0 Å². The number of hydrogen-bond donors (Lipinski definition) is 1. The zero-order valence-corrected chi connectivity index (χ0v) is 19.9. The molecule has 1 fully saturated rings. The van der Waals surface area contributed by atoms with Crippen LogP contribution in [0.1, 0.15) is 60.9 Å². The van der Waals surface area contributed by atoms with Crippen LogP contribution < -0.4 is 11.2 Å². The average Bonchev–Trinajstić information content (AvgIpc) is 3.56. The van der Waals surface area contributed by atoms with E-state index in [0.717, 1.165) is 0 Å². The molecule has 0 heterocycles. The van der Waals surface area contributed by atoms with Crippen molar-refractivity contribution < 1.29 is 43.9 Å². The van der Waals surface area contributed by atoms with Crippen LogP contribution >= 0.6 is 0 Å². The summed E-state index contributed by atoms with van der Waals surface area (Å²) in [6.07, 6.45) is -17.4. The Balaban J connectivity index is 2.34. The first-order valence-corrected chi connectivity index (χ1v) is 11.3. The Morgan fingerprint density at radius 3 is 1.76 bits per heavy atom. The molecule has 1 aliphatic rings. The third-order valence-electron chi connectivity index (χ3n) is 7.09. The molecule has 1 saturated carbocycles. The van der Waals surface area contributed by atoms with Crippen LogP contribution in [0.5, 0.6) is 0 Å². The van der Waals surface area contributed by atoms with Gasteiger partial charge in [-0.25, -0.2) is 4.39 Å². The highest BCUT2D eigenvalue weighted by Crippen LogP contribution is 2.61. The molecule has 1 atom stereocenters. The summed E-state index contributed by atoms with van der Waals surface area (Å²) >= 11 is 0. The normalized spacial score (nSPS) is 17.8. The first kappa shape index (κ1) is 29.1. The van der Waals surface area contributed by atoms with E-state index in [1.165, 1.54) is 32.1 Å². The van der Waals surface area contributed by atoms with Crippen molar-refractivity contribution in [3.05, 3.63) is 70.8 Å². The van der Waals surface area contributed by atoms with Gasteiger partial charge in [0.1, 0.15) is 0 Å². The van der Waals surface area contributed by atoms with Gasteiger partial charge in [-0.1, -0.05) is 68.4 Å². The van der Waals surface area contributed by atoms with Crippen LogP contribution in [0.2, 0.25) is 0 Å². The minimum Gasteiger partial charge on any atom is -0.328 e. The smallest absolute Gasteiger partial charge is 0.328 e. The Morgan fingerprint density at radius 2 is 1.38 bits per heavy atom. The summed E-state index contributed by atoms with van der Waals surface area (Å²) < 4.78 is 141. The van der Waals surface area contributed by atoms with E-state index in [0.29, 0.717) is 17.2 Å². The molecule has 0 aliphatic heterocycles. The first-order chi connectivity index (χ1) is 16.7. The van der Waals surface area contributed by atoms with Gasteiger partial charge in [-0.2, -0.15) is 39.5 Å². The average molecular weight is 539 g/mol. The van der Waals surface area contributed by atoms with E-state index in [2.05, 4.69) is 6.58 Å². The van der Waals surface area contributed by atoms with Crippen LogP contribution in [-0.4, -0.2) is 19.6 Å². The van der Waals surface area contributed by atoms with Crippen molar-refractivity contribution in [3.63, 3.8) is 0 Å². The molecule has 0 aromatic heterocycles. The van der Waals surface area contributed by atoms with Gasteiger partial charge < -0.3 is 5.73 Å². The van der Waals surface area contributed by atoms with Gasteiger partial charge in [-0.15, -0.1) is 0 Å². The second-order valence-corrected chi connectivity index (χ2v) is 9.77. The molecule has 1 unspecified atom stereocenters. The molecule has 12 heteroatoms. The topological polar surface area (TPSA) is 26.0 Å². The summed E-state index contributed by atoms with van der Waals surface area (Å²) in [7, 11) is -0.596. The molecule has 2 N–H and O–H groups in total. The summed E-state index contributed by atoms with van der Waals surface area (Å²) in [5, 5.41) is 0. The van der Waals surface area contributed by atoms with Gasteiger partial charge in [0.25, 0.3) is 0 Å². The Morgan fingerprint density at radius 1 is 0.892 bits per heavy atom. The van der Waals surface area contributed by atoms with Crippen molar-refractivity contribution in [3.8, 4) is 0 Å². The van der Waals surface area contributed by atoms with Gasteiger partial charge in [-0.3, -0.25) is 0 Å². The van der Waals surface area contributed by atoms with E-state index in [9.17, 15) is 39.5 Å². The monoisotopic (exact) mass is 539 g/mol. The van der Waals surface area contributed by atoms with E-state index in [1.54, 1.807) is 12.1 Å². The summed E-state index contributed by atoms with van der Waals surface area (Å²) in [5.41, 5.74) is -7.58. The highest BCUT2D eigenvalue weighted by atomic mass is 19.4. The number of halogens is 10. The largest absolute Gasteiger partial charge is 0.435 e. The maximum Gasteiger partial charge on any atom is 0.435 e. The number of hydrogen-bond acceptors (Lipinski definition) is 1. The molecule has 2 aromatic rings. The Kier molecular flexibility index (Phi) is 7.12. The zero-order chi connectivity index (χ0) is 28.2. The van der Waals surface area contributed by atoms with Crippen molar-refractivity contribution in [1.82, 2.24) is 0 Å². The summed E-state index contributed by atoms with van der Waals surface area (Å²) in [6, 6.07) is 6.94. The van der Waals surface area contributed by atoms with Crippen LogP contribution in [0.25, 0.3) is 6.08 Å². The quantitative estimate of drug-likeness (QED) is 0.299. The number of alkyl halides is 10. The van der Waals surface area contributed by atoms with Crippen molar-refractivity contribution in [1.29, 1.82) is 0 Å². The van der Waals surface area contributed by atoms with Gasteiger partial charge in [0.05, 0.1) is 5.56 Å². The second-order valence-electron chi connectivity index (χ2n) is 9.77. The third kappa shape index (κ3) is 5.13. The molecule has 2 aromatic carbocycles. The molecule has 0 amide bonds. The van der Waals surface area contributed by atoms with E-state index in [-0.39, 0.29) is 25.3 Å². The van der Waals surface area contributed by atoms with Gasteiger partial charge in [0, 0.05) is 11.0 Å². The number of benzene rings is 2. The molecule has 1 aliphatic carbocycles. The Labute approximate surface area is 208 Å². The highest BCUT2D eigenvalue weighted by molar-refractivity contribution is 6.56. The van der Waals surface area contributed by atoms with Crippen molar-refractivity contribution in [2.75, 3.05) is 0 Å². The number of nitrogens with two attached hydrogens (primary N) is 1. The highest BCUT2D eigenvalue weighted by Gasteiger charge is 2.75. The summed E-state index contributed by atoms with van der Waals surface area (Å²) in [4.78, 5) is 0. The third-order valence-corrected chi connectivity index (χ3v) is 7.09. The van der Waals surface area contributed by atoms with Gasteiger partial charge in [-0.05, 0) is 41.4 Å². The molecular weight excluding hydrogens is 515 g/mol.